The molecule has 2 atom stereocenters. The van der Waals surface area contributed by atoms with Crippen LogP contribution >= 0.6 is 0 Å². The predicted octanol–water partition coefficient (Wildman–Crippen LogP) is 1.17. The number of hydrogen-bond donors (Lipinski definition) is 1. The van der Waals surface area contributed by atoms with Gasteiger partial charge in [0.25, 0.3) is 0 Å². The largest absolute Gasteiger partial charge is 0.296 e. The van der Waals surface area contributed by atoms with Crippen LogP contribution in [0.1, 0.15) is 12.0 Å². The Hall–Kier alpha value is -1.78. The third kappa shape index (κ3) is 1.31. The minimum Gasteiger partial charge on any atom is -0.296 e. The number of fused-ring (bicyclic) bond motifs is 1. The standard InChI is InChI=1S/C12H9F2NO2/c13-8-3-1-2-6(9(8)14)4-12-5-7(12)10(16)15-11(12)17/h1-3,7H,4-5H2,(H,15,16,17). The molecular formula is C12H9F2NO2. The molecule has 5 heteroatoms. The summed E-state index contributed by atoms with van der Waals surface area (Å²) in [6, 6.07) is 3.87. The summed E-state index contributed by atoms with van der Waals surface area (Å²) >= 11 is 0. The van der Waals surface area contributed by atoms with Crippen molar-refractivity contribution in [1.29, 1.82) is 0 Å². The van der Waals surface area contributed by atoms with Gasteiger partial charge in [0.2, 0.25) is 11.8 Å². The summed E-state index contributed by atoms with van der Waals surface area (Å²) in [6.07, 6.45) is 0.520. The molecule has 1 aliphatic carbocycles. The maximum atomic E-state index is 13.5. The number of rotatable bonds is 2. The summed E-state index contributed by atoms with van der Waals surface area (Å²) in [4.78, 5) is 22.9. The number of benzene rings is 1. The summed E-state index contributed by atoms with van der Waals surface area (Å²) in [7, 11) is 0. The maximum Gasteiger partial charge on any atom is 0.233 e. The van der Waals surface area contributed by atoms with Crippen molar-refractivity contribution < 1.29 is 18.4 Å². The summed E-state index contributed by atoms with van der Waals surface area (Å²) in [5.41, 5.74) is -0.677. The molecular weight excluding hydrogens is 228 g/mol. The molecule has 1 aromatic rings. The lowest BCUT2D eigenvalue weighted by Gasteiger charge is -2.10. The normalized spacial score (nSPS) is 30.1. The van der Waals surface area contributed by atoms with E-state index in [4.69, 9.17) is 0 Å². The first kappa shape index (κ1) is 10.4. The van der Waals surface area contributed by atoms with E-state index in [0.29, 0.717) is 6.42 Å². The van der Waals surface area contributed by atoms with Gasteiger partial charge in [0.1, 0.15) is 0 Å². The van der Waals surface area contributed by atoms with Gasteiger partial charge < -0.3 is 0 Å². The van der Waals surface area contributed by atoms with E-state index in [1.807, 2.05) is 0 Å². The van der Waals surface area contributed by atoms with Crippen molar-refractivity contribution in [2.75, 3.05) is 0 Å². The Morgan fingerprint density at radius 2 is 2.12 bits per heavy atom. The minimum atomic E-state index is -0.931. The number of imide groups is 1. The molecule has 2 amide bonds. The molecule has 88 valence electrons. The van der Waals surface area contributed by atoms with E-state index in [-0.39, 0.29) is 29.7 Å². The molecule has 1 aromatic carbocycles. The Morgan fingerprint density at radius 1 is 1.35 bits per heavy atom. The Bertz CT molecular complexity index is 543. The van der Waals surface area contributed by atoms with Gasteiger partial charge in [-0.15, -0.1) is 0 Å². The van der Waals surface area contributed by atoms with Crippen molar-refractivity contribution in [3.05, 3.63) is 35.4 Å². The van der Waals surface area contributed by atoms with Gasteiger partial charge in [-0.05, 0) is 24.5 Å². The van der Waals surface area contributed by atoms with E-state index in [9.17, 15) is 18.4 Å². The molecule has 1 saturated carbocycles. The van der Waals surface area contributed by atoms with E-state index in [1.165, 1.54) is 12.1 Å². The molecule has 2 aliphatic rings. The molecule has 1 aliphatic heterocycles. The third-order valence-corrected chi connectivity index (χ3v) is 3.62. The monoisotopic (exact) mass is 237 g/mol. The fraction of sp³-hybridized carbons (Fsp3) is 0.333. The van der Waals surface area contributed by atoms with Gasteiger partial charge in [0.15, 0.2) is 11.6 Å². The molecule has 0 radical (unpaired) electrons. The van der Waals surface area contributed by atoms with Crippen LogP contribution in [0, 0.1) is 23.0 Å². The van der Waals surface area contributed by atoms with Crippen molar-refractivity contribution in [3.8, 4) is 0 Å². The molecule has 0 aromatic heterocycles. The molecule has 1 heterocycles. The SMILES string of the molecule is O=C1NC(=O)C2(Cc3cccc(F)c3F)CC12. The Labute approximate surface area is 95.8 Å². The number of hydrogen-bond acceptors (Lipinski definition) is 2. The van der Waals surface area contributed by atoms with Gasteiger partial charge in [-0.2, -0.15) is 0 Å². The van der Waals surface area contributed by atoms with Crippen LogP contribution in [0.5, 0.6) is 0 Å². The van der Waals surface area contributed by atoms with E-state index in [1.54, 1.807) is 0 Å². The predicted molar refractivity (Wildman–Crippen MR) is 53.8 cm³/mol. The second-order valence-electron chi connectivity index (χ2n) is 4.62. The zero-order chi connectivity index (χ0) is 12.2. The minimum absolute atomic E-state index is 0.0822. The third-order valence-electron chi connectivity index (χ3n) is 3.62. The number of carbonyl (C=O) groups is 2. The molecule has 0 bridgehead atoms. The van der Waals surface area contributed by atoms with Crippen LogP contribution < -0.4 is 5.32 Å². The van der Waals surface area contributed by atoms with Gasteiger partial charge in [-0.3, -0.25) is 14.9 Å². The molecule has 2 fully saturated rings. The first-order chi connectivity index (χ1) is 8.04. The second kappa shape index (κ2) is 3.12. The lowest BCUT2D eigenvalue weighted by molar-refractivity contribution is -0.128. The van der Waals surface area contributed by atoms with Gasteiger partial charge in [-0.1, -0.05) is 12.1 Å². The van der Waals surface area contributed by atoms with Crippen LogP contribution in [0.25, 0.3) is 0 Å². The smallest absolute Gasteiger partial charge is 0.233 e. The molecule has 0 spiro atoms. The Kier molecular flexibility index (Phi) is 1.91. The first-order valence-corrected chi connectivity index (χ1v) is 5.33. The van der Waals surface area contributed by atoms with Crippen LogP contribution in [0.4, 0.5) is 8.78 Å². The van der Waals surface area contributed by atoms with Crippen LogP contribution in [0.2, 0.25) is 0 Å². The highest BCUT2D eigenvalue weighted by molar-refractivity contribution is 6.11. The van der Waals surface area contributed by atoms with Crippen molar-refractivity contribution in [2.24, 2.45) is 11.3 Å². The summed E-state index contributed by atoms with van der Waals surface area (Å²) in [5, 5.41) is 2.22. The number of halogens is 2. The van der Waals surface area contributed by atoms with Crippen molar-refractivity contribution >= 4 is 11.8 Å². The molecule has 17 heavy (non-hydrogen) atoms. The maximum absolute atomic E-state index is 13.5. The van der Waals surface area contributed by atoms with E-state index >= 15 is 0 Å². The molecule has 3 nitrogen and oxygen atoms in total. The number of amides is 2. The molecule has 1 saturated heterocycles. The summed E-state index contributed by atoms with van der Waals surface area (Å²) < 4.78 is 26.5. The van der Waals surface area contributed by atoms with Gasteiger partial charge in [0.05, 0.1) is 11.3 Å². The van der Waals surface area contributed by atoms with Gasteiger partial charge >= 0.3 is 0 Å². The zero-order valence-corrected chi connectivity index (χ0v) is 8.80. The fourth-order valence-corrected chi connectivity index (χ4v) is 2.52. The Balaban J connectivity index is 1.92. The lowest BCUT2D eigenvalue weighted by atomic mass is 9.94. The van der Waals surface area contributed by atoms with Gasteiger partial charge in [0, 0.05) is 0 Å². The number of nitrogens with one attached hydrogen (secondary N) is 1. The highest BCUT2D eigenvalue weighted by Gasteiger charge is 2.68. The fourth-order valence-electron chi connectivity index (χ4n) is 2.52. The zero-order valence-electron chi connectivity index (χ0n) is 8.80. The van der Waals surface area contributed by atoms with E-state index in [0.717, 1.165) is 6.07 Å². The number of piperidine rings is 1. The van der Waals surface area contributed by atoms with Crippen LogP contribution in [-0.4, -0.2) is 11.8 Å². The van der Waals surface area contributed by atoms with Crippen molar-refractivity contribution in [3.63, 3.8) is 0 Å². The summed E-state index contributed by atoms with van der Waals surface area (Å²) in [6.45, 7) is 0. The van der Waals surface area contributed by atoms with Gasteiger partial charge in [-0.25, -0.2) is 8.78 Å². The van der Waals surface area contributed by atoms with E-state index < -0.39 is 17.0 Å². The van der Waals surface area contributed by atoms with Crippen LogP contribution in [0.15, 0.2) is 18.2 Å². The van der Waals surface area contributed by atoms with Crippen molar-refractivity contribution in [2.45, 2.75) is 12.8 Å². The molecule has 3 rings (SSSR count). The average Bonchev–Trinajstić information content (AvgIpc) is 2.95. The summed E-state index contributed by atoms with van der Waals surface area (Å²) in [5.74, 6) is -2.89. The van der Waals surface area contributed by atoms with Crippen molar-refractivity contribution in [1.82, 2.24) is 5.32 Å². The quantitative estimate of drug-likeness (QED) is 0.785. The topological polar surface area (TPSA) is 46.2 Å². The molecule has 2 unspecified atom stereocenters. The molecule has 1 N–H and O–H groups in total. The Morgan fingerprint density at radius 3 is 2.71 bits per heavy atom. The highest BCUT2D eigenvalue weighted by Crippen LogP contribution is 2.58. The first-order valence-electron chi connectivity index (χ1n) is 5.33. The van der Waals surface area contributed by atoms with Crippen LogP contribution in [-0.2, 0) is 16.0 Å². The second-order valence-corrected chi connectivity index (χ2v) is 4.62. The average molecular weight is 237 g/mol. The highest BCUT2D eigenvalue weighted by atomic mass is 19.2. The van der Waals surface area contributed by atoms with Crippen LogP contribution in [0.3, 0.4) is 0 Å². The lowest BCUT2D eigenvalue weighted by Crippen LogP contribution is -2.29. The number of carbonyl (C=O) groups excluding carboxylic acids is 2. The van der Waals surface area contributed by atoms with E-state index in [2.05, 4.69) is 5.32 Å².